The lowest BCUT2D eigenvalue weighted by molar-refractivity contribution is 0.425. The number of hydrogen-bond donors (Lipinski definition) is 2. The normalized spacial score (nSPS) is 27.0. The van der Waals surface area contributed by atoms with E-state index in [-0.39, 0.29) is 0 Å². The van der Waals surface area contributed by atoms with Gasteiger partial charge in [-0.05, 0) is 26.2 Å². The molecule has 0 aliphatic carbocycles. The third kappa shape index (κ3) is 2.15. The van der Waals surface area contributed by atoms with Gasteiger partial charge in [0.25, 0.3) is 0 Å². The minimum Gasteiger partial charge on any atom is -0.340 e. The summed E-state index contributed by atoms with van der Waals surface area (Å²) in [5.41, 5.74) is 7.14. The Morgan fingerprint density at radius 1 is 1.67 bits per heavy atom. The van der Waals surface area contributed by atoms with Crippen molar-refractivity contribution in [3.05, 3.63) is 11.9 Å². The van der Waals surface area contributed by atoms with Crippen LogP contribution in [0.3, 0.4) is 0 Å². The molecule has 1 fully saturated rings. The lowest BCUT2D eigenvalue weighted by Gasteiger charge is -2.36. The second-order valence-corrected chi connectivity index (χ2v) is 4.41. The minimum absolute atomic E-state index is 0.358. The molecule has 4 nitrogen and oxygen atoms in total. The highest BCUT2D eigenvalue weighted by atomic mass is 15.3. The van der Waals surface area contributed by atoms with E-state index < -0.39 is 0 Å². The summed E-state index contributed by atoms with van der Waals surface area (Å²) in [6.07, 6.45) is 5.06. The molecule has 4 heteroatoms. The van der Waals surface area contributed by atoms with Gasteiger partial charge in [-0.1, -0.05) is 6.92 Å². The Hall–Kier alpha value is -1.03. The van der Waals surface area contributed by atoms with Crippen LogP contribution in [0.25, 0.3) is 0 Å². The van der Waals surface area contributed by atoms with Gasteiger partial charge >= 0.3 is 0 Å². The first-order chi connectivity index (χ1) is 7.20. The summed E-state index contributed by atoms with van der Waals surface area (Å²) in [5, 5.41) is 0. The van der Waals surface area contributed by atoms with E-state index in [1.54, 1.807) is 0 Å². The van der Waals surface area contributed by atoms with Gasteiger partial charge in [-0.15, -0.1) is 0 Å². The smallest absolute Gasteiger partial charge is 0.203 e. The molecule has 2 heterocycles. The third-order valence-electron chi connectivity index (χ3n) is 3.18. The van der Waals surface area contributed by atoms with Crippen LogP contribution in [0.5, 0.6) is 0 Å². The SMILES string of the molecule is CCc1cnc(N2CCC(N)CC2C)[nH]1. The number of imidazole rings is 1. The molecule has 1 aromatic rings. The fourth-order valence-electron chi connectivity index (χ4n) is 2.20. The summed E-state index contributed by atoms with van der Waals surface area (Å²) < 4.78 is 0. The van der Waals surface area contributed by atoms with Gasteiger partial charge < -0.3 is 15.6 Å². The highest BCUT2D eigenvalue weighted by molar-refractivity contribution is 5.33. The highest BCUT2D eigenvalue weighted by Gasteiger charge is 2.24. The maximum absolute atomic E-state index is 5.94. The van der Waals surface area contributed by atoms with Gasteiger partial charge in [0.05, 0.1) is 6.20 Å². The van der Waals surface area contributed by atoms with Crippen molar-refractivity contribution in [2.24, 2.45) is 5.73 Å². The Labute approximate surface area is 90.9 Å². The van der Waals surface area contributed by atoms with E-state index in [2.05, 4.69) is 28.7 Å². The third-order valence-corrected chi connectivity index (χ3v) is 3.18. The summed E-state index contributed by atoms with van der Waals surface area (Å²) >= 11 is 0. The van der Waals surface area contributed by atoms with Gasteiger partial charge in [-0.3, -0.25) is 0 Å². The molecule has 0 radical (unpaired) electrons. The number of nitrogens with zero attached hydrogens (tertiary/aromatic N) is 2. The number of piperidine rings is 1. The first-order valence-electron chi connectivity index (χ1n) is 5.76. The van der Waals surface area contributed by atoms with E-state index >= 15 is 0 Å². The summed E-state index contributed by atoms with van der Waals surface area (Å²) in [7, 11) is 0. The number of rotatable bonds is 2. The van der Waals surface area contributed by atoms with Crippen molar-refractivity contribution >= 4 is 5.95 Å². The van der Waals surface area contributed by atoms with Crippen molar-refractivity contribution in [2.45, 2.75) is 45.2 Å². The molecule has 2 atom stereocenters. The largest absolute Gasteiger partial charge is 0.340 e. The van der Waals surface area contributed by atoms with Crippen LogP contribution >= 0.6 is 0 Å². The molecule has 0 spiro atoms. The van der Waals surface area contributed by atoms with Crippen LogP contribution in [0.4, 0.5) is 5.95 Å². The van der Waals surface area contributed by atoms with E-state index in [4.69, 9.17) is 5.73 Å². The molecule has 2 rings (SSSR count). The number of nitrogens with one attached hydrogen (secondary N) is 1. The van der Waals surface area contributed by atoms with Gasteiger partial charge in [0.1, 0.15) is 0 Å². The Morgan fingerprint density at radius 2 is 2.47 bits per heavy atom. The minimum atomic E-state index is 0.358. The molecule has 1 saturated heterocycles. The average Bonchev–Trinajstić information content (AvgIpc) is 2.66. The van der Waals surface area contributed by atoms with E-state index in [1.807, 2.05) is 6.20 Å². The molecule has 1 aromatic heterocycles. The van der Waals surface area contributed by atoms with Crippen LogP contribution in [0.1, 0.15) is 32.4 Å². The predicted molar refractivity (Wildman–Crippen MR) is 62.0 cm³/mol. The number of hydrogen-bond acceptors (Lipinski definition) is 3. The fourth-order valence-corrected chi connectivity index (χ4v) is 2.20. The quantitative estimate of drug-likeness (QED) is 0.770. The van der Waals surface area contributed by atoms with Crippen LogP contribution in [-0.2, 0) is 6.42 Å². The van der Waals surface area contributed by atoms with Crippen molar-refractivity contribution in [2.75, 3.05) is 11.4 Å². The number of nitrogens with two attached hydrogens (primary N) is 1. The zero-order chi connectivity index (χ0) is 10.8. The molecule has 0 bridgehead atoms. The molecule has 84 valence electrons. The van der Waals surface area contributed by atoms with Crippen LogP contribution in [0.2, 0.25) is 0 Å². The zero-order valence-corrected chi connectivity index (χ0v) is 9.53. The molecule has 2 unspecified atom stereocenters. The van der Waals surface area contributed by atoms with Gasteiger partial charge in [-0.2, -0.15) is 0 Å². The highest BCUT2D eigenvalue weighted by Crippen LogP contribution is 2.21. The van der Waals surface area contributed by atoms with Crippen LogP contribution < -0.4 is 10.6 Å². The first kappa shape index (κ1) is 10.5. The lowest BCUT2D eigenvalue weighted by atomic mass is 10.00. The number of aromatic amines is 1. The fraction of sp³-hybridized carbons (Fsp3) is 0.727. The first-order valence-corrected chi connectivity index (χ1v) is 5.76. The topological polar surface area (TPSA) is 57.9 Å². The maximum atomic E-state index is 5.94. The molecule has 15 heavy (non-hydrogen) atoms. The van der Waals surface area contributed by atoms with Crippen molar-refractivity contribution in [1.29, 1.82) is 0 Å². The van der Waals surface area contributed by atoms with Gasteiger partial charge in [0.15, 0.2) is 0 Å². The Morgan fingerprint density at radius 3 is 3.07 bits per heavy atom. The van der Waals surface area contributed by atoms with Gasteiger partial charge in [0, 0.05) is 24.3 Å². The molecule has 1 aliphatic rings. The number of anilines is 1. The van der Waals surface area contributed by atoms with E-state index in [0.29, 0.717) is 12.1 Å². The number of aromatic nitrogens is 2. The number of aryl methyl sites for hydroxylation is 1. The second-order valence-electron chi connectivity index (χ2n) is 4.41. The molecular formula is C11H20N4. The molecule has 0 amide bonds. The summed E-state index contributed by atoms with van der Waals surface area (Å²) in [6.45, 7) is 5.36. The average molecular weight is 208 g/mol. The van der Waals surface area contributed by atoms with Crippen molar-refractivity contribution in [3.8, 4) is 0 Å². The Balaban J connectivity index is 2.09. The van der Waals surface area contributed by atoms with Gasteiger partial charge in [0.2, 0.25) is 5.95 Å². The van der Waals surface area contributed by atoms with Crippen LogP contribution in [0, 0.1) is 0 Å². The summed E-state index contributed by atoms with van der Waals surface area (Å²) in [5.74, 6) is 1.01. The zero-order valence-electron chi connectivity index (χ0n) is 9.53. The Kier molecular flexibility index (Phi) is 2.95. The molecular weight excluding hydrogens is 188 g/mol. The monoisotopic (exact) mass is 208 g/mol. The lowest BCUT2D eigenvalue weighted by Crippen LogP contribution is -2.46. The van der Waals surface area contributed by atoms with Crippen molar-refractivity contribution in [3.63, 3.8) is 0 Å². The van der Waals surface area contributed by atoms with E-state index in [9.17, 15) is 0 Å². The van der Waals surface area contributed by atoms with Crippen molar-refractivity contribution < 1.29 is 0 Å². The van der Waals surface area contributed by atoms with E-state index in [0.717, 1.165) is 31.8 Å². The summed E-state index contributed by atoms with van der Waals surface area (Å²) in [6, 6.07) is 0.849. The van der Waals surface area contributed by atoms with Crippen LogP contribution in [0.15, 0.2) is 6.20 Å². The molecule has 0 saturated carbocycles. The Bertz CT molecular complexity index is 320. The molecule has 0 aromatic carbocycles. The maximum Gasteiger partial charge on any atom is 0.203 e. The predicted octanol–water partition coefficient (Wildman–Crippen LogP) is 1.29. The number of H-pyrrole nitrogens is 1. The second kappa shape index (κ2) is 4.23. The molecule has 1 aliphatic heterocycles. The van der Waals surface area contributed by atoms with Gasteiger partial charge in [-0.25, -0.2) is 4.98 Å². The standard InChI is InChI=1S/C11H20N4/c1-3-10-7-13-11(14-10)15-5-4-9(12)6-8(15)2/h7-9H,3-6,12H2,1-2H3,(H,13,14). The summed E-state index contributed by atoms with van der Waals surface area (Å²) in [4.78, 5) is 10.1. The van der Waals surface area contributed by atoms with Crippen molar-refractivity contribution in [1.82, 2.24) is 9.97 Å². The van der Waals surface area contributed by atoms with Crippen LogP contribution in [-0.4, -0.2) is 28.6 Å². The molecule has 3 N–H and O–H groups in total. The van der Waals surface area contributed by atoms with E-state index in [1.165, 1.54) is 5.69 Å².